The molecular formula is C10H15NO4S2. The van der Waals surface area contributed by atoms with Gasteiger partial charge in [0.1, 0.15) is 0 Å². The van der Waals surface area contributed by atoms with E-state index in [2.05, 4.69) is 0 Å². The van der Waals surface area contributed by atoms with Crippen molar-refractivity contribution in [3.05, 3.63) is 30.3 Å². The van der Waals surface area contributed by atoms with E-state index in [4.69, 9.17) is 0 Å². The number of nitrogens with one attached hydrogen (secondary N) is 1. The van der Waals surface area contributed by atoms with Gasteiger partial charge in [-0.1, -0.05) is 18.2 Å². The standard InChI is InChI=1S/C10H15NO4S2/c1-10(2,3)17(14,15)11-16(12,13)9-7-5-4-6-8-9/h4-8,11H,1-3H3. The van der Waals surface area contributed by atoms with Gasteiger partial charge in [-0.15, -0.1) is 4.13 Å². The van der Waals surface area contributed by atoms with Crippen LogP contribution in [0.15, 0.2) is 35.2 Å². The Labute approximate surface area is 102 Å². The number of benzene rings is 1. The van der Waals surface area contributed by atoms with Crippen LogP contribution in [0.1, 0.15) is 20.8 Å². The third-order valence-electron chi connectivity index (χ3n) is 2.08. The maximum absolute atomic E-state index is 11.8. The molecule has 0 aliphatic heterocycles. The predicted octanol–water partition coefficient (Wildman–Crippen LogP) is 1.09. The van der Waals surface area contributed by atoms with Crippen molar-refractivity contribution < 1.29 is 16.8 Å². The van der Waals surface area contributed by atoms with Gasteiger partial charge in [-0.25, -0.2) is 16.8 Å². The summed E-state index contributed by atoms with van der Waals surface area (Å²) in [6.45, 7) is 4.28. The Hall–Kier alpha value is -0.920. The molecule has 5 nitrogen and oxygen atoms in total. The van der Waals surface area contributed by atoms with Crippen LogP contribution in [0.25, 0.3) is 0 Å². The summed E-state index contributed by atoms with van der Waals surface area (Å²) in [6, 6.07) is 7.37. The summed E-state index contributed by atoms with van der Waals surface area (Å²) < 4.78 is 47.7. The fourth-order valence-corrected chi connectivity index (χ4v) is 3.97. The largest absolute Gasteiger partial charge is 0.253 e. The predicted molar refractivity (Wildman–Crippen MR) is 65.4 cm³/mol. The van der Waals surface area contributed by atoms with Crippen LogP contribution < -0.4 is 4.13 Å². The van der Waals surface area contributed by atoms with Crippen molar-refractivity contribution in [2.24, 2.45) is 0 Å². The van der Waals surface area contributed by atoms with Crippen molar-refractivity contribution in [2.45, 2.75) is 30.4 Å². The van der Waals surface area contributed by atoms with Crippen molar-refractivity contribution in [3.8, 4) is 0 Å². The third kappa shape index (κ3) is 3.27. The van der Waals surface area contributed by atoms with Crippen LogP contribution in [0, 0.1) is 0 Å². The Balaban J connectivity index is 3.14. The van der Waals surface area contributed by atoms with Gasteiger partial charge in [0.15, 0.2) is 0 Å². The summed E-state index contributed by atoms with van der Waals surface area (Å²) in [5, 5.41) is 0. The molecule has 17 heavy (non-hydrogen) atoms. The van der Waals surface area contributed by atoms with Gasteiger partial charge in [-0.2, -0.15) is 0 Å². The zero-order valence-corrected chi connectivity index (χ0v) is 11.5. The molecule has 7 heteroatoms. The van der Waals surface area contributed by atoms with E-state index in [-0.39, 0.29) is 4.90 Å². The fourth-order valence-electron chi connectivity index (χ4n) is 0.917. The van der Waals surface area contributed by atoms with Crippen LogP contribution >= 0.6 is 0 Å². The lowest BCUT2D eigenvalue weighted by molar-refractivity contribution is 0.550. The highest BCUT2D eigenvalue weighted by molar-refractivity contribution is 8.05. The Morgan fingerprint density at radius 3 is 1.82 bits per heavy atom. The summed E-state index contributed by atoms with van der Waals surface area (Å²) >= 11 is 0. The monoisotopic (exact) mass is 277 g/mol. The van der Waals surface area contributed by atoms with E-state index in [0.29, 0.717) is 0 Å². The molecule has 0 bridgehead atoms. The van der Waals surface area contributed by atoms with Crippen LogP contribution in [0.5, 0.6) is 0 Å². The van der Waals surface area contributed by atoms with E-state index < -0.39 is 24.8 Å². The highest BCUT2D eigenvalue weighted by Crippen LogP contribution is 2.16. The first kappa shape index (κ1) is 14.1. The molecule has 0 unspecified atom stereocenters. The van der Waals surface area contributed by atoms with Gasteiger partial charge >= 0.3 is 0 Å². The highest BCUT2D eigenvalue weighted by atomic mass is 32.3. The normalized spacial score (nSPS) is 13.6. The summed E-state index contributed by atoms with van der Waals surface area (Å²) in [5.41, 5.74) is 0. The van der Waals surface area contributed by atoms with Crippen LogP contribution in [0.2, 0.25) is 0 Å². The minimum atomic E-state index is -4.04. The minimum Gasteiger partial charge on any atom is -0.211 e. The van der Waals surface area contributed by atoms with Crippen LogP contribution in [0.3, 0.4) is 0 Å². The molecule has 0 spiro atoms. The molecule has 1 N–H and O–H groups in total. The number of rotatable bonds is 3. The van der Waals surface area contributed by atoms with E-state index >= 15 is 0 Å². The minimum absolute atomic E-state index is 0.0761. The smallest absolute Gasteiger partial charge is 0.211 e. The van der Waals surface area contributed by atoms with Crippen molar-refractivity contribution in [1.29, 1.82) is 0 Å². The number of hydrogen-bond donors (Lipinski definition) is 1. The molecule has 1 aromatic rings. The molecule has 0 amide bonds. The van der Waals surface area contributed by atoms with Gasteiger partial charge in [-0.05, 0) is 32.9 Å². The van der Waals surface area contributed by atoms with Crippen molar-refractivity contribution in [1.82, 2.24) is 4.13 Å². The first-order chi connectivity index (χ1) is 7.56. The molecule has 1 aromatic carbocycles. The maximum atomic E-state index is 11.8. The Morgan fingerprint density at radius 2 is 1.41 bits per heavy atom. The lowest BCUT2D eigenvalue weighted by Gasteiger charge is -2.19. The van der Waals surface area contributed by atoms with Crippen molar-refractivity contribution in [3.63, 3.8) is 0 Å². The summed E-state index contributed by atoms with van der Waals surface area (Å²) in [4.78, 5) is -0.0761. The topological polar surface area (TPSA) is 80.3 Å². The van der Waals surface area contributed by atoms with E-state index in [0.717, 1.165) is 0 Å². The average molecular weight is 277 g/mol. The quantitative estimate of drug-likeness (QED) is 0.897. The molecule has 0 radical (unpaired) electrons. The molecule has 0 atom stereocenters. The van der Waals surface area contributed by atoms with E-state index in [1.807, 2.05) is 0 Å². The SMILES string of the molecule is CC(C)(C)S(=O)(=O)NS(=O)(=O)c1ccccc1. The van der Waals surface area contributed by atoms with Gasteiger partial charge < -0.3 is 0 Å². The van der Waals surface area contributed by atoms with E-state index in [1.165, 1.54) is 45.0 Å². The van der Waals surface area contributed by atoms with Gasteiger partial charge in [-0.3, -0.25) is 0 Å². The zero-order valence-electron chi connectivity index (χ0n) is 9.84. The Kier molecular flexibility index (Phi) is 3.66. The first-order valence-electron chi connectivity index (χ1n) is 4.89. The lowest BCUT2D eigenvalue weighted by atomic mass is 10.3. The maximum Gasteiger partial charge on any atom is 0.253 e. The molecule has 96 valence electrons. The molecule has 0 saturated carbocycles. The third-order valence-corrected chi connectivity index (χ3v) is 6.34. The van der Waals surface area contributed by atoms with Crippen LogP contribution in [0.4, 0.5) is 0 Å². The molecule has 1 rings (SSSR count). The van der Waals surface area contributed by atoms with E-state index in [1.54, 1.807) is 10.2 Å². The summed E-state index contributed by atoms with van der Waals surface area (Å²) in [6.07, 6.45) is 0. The number of sulfonamides is 2. The zero-order chi connectivity index (χ0) is 13.3. The first-order valence-corrected chi connectivity index (χ1v) is 7.86. The fraction of sp³-hybridized carbons (Fsp3) is 0.400. The number of hydrogen-bond acceptors (Lipinski definition) is 4. The van der Waals surface area contributed by atoms with Crippen LogP contribution in [-0.4, -0.2) is 21.6 Å². The summed E-state index contributed by atoms with van der Waals surface area (Å²) in [7, 11) is -7.98. The second-order valence-corrected chi connectivity index (χ2v) is 8.89. The van der Waals surface area contributed by atoms with Gasteiger partial charge in [0.2, 0.25) is 10.0 Å². The Morgan fingerprint density at radius 1 is 0.941 bits per heavy atom. The van der Waals surface area contributed by atoms with Gasteiger partial charge in [0, 0.05) is 0 Å². The molecule has 0 aromatic heterocycles. The molecule has 0 aliphatic rings. The highest BCUT2D eigenvalue weighted by Gasteiger charge is 2.33. The van der Waals surface area contributed by atoms with E-state index in [9.17, 15) is 16.8 Å². The molecule has 0 fully saturated rings. The molecule has 0 heterocycles. The van der Waals surface area contributed by atoms with Crippen molar-refractivity contribution >= 4 is 20.0 Å². The van der Waals surface area contributed by atoms with Crippen molar-refractivity contribution in [2.75, 3.05) is 0 Å². The molecule has 0 aliphatic carbocycles. The Bertz CT molecular complexity index is 583. The lowest BCUT2D eigenvalue weighted by Crippen LogP contribution is -2.42. The average Bonchev–Trinajstić information content (AvgIpc) is 2.15. The van der Waals surface area contributed by atoms with Gasteiger partial charge in [0.05, 0.1) is 9.64 Å². The van der Waals surface area contributed by atoms with Gasteiger partial charge in [0.25, 0.3) is 10.0 Å². The molecule has 0 saturated heterocycles. The summed E-state index contributed by atoms with van der Waals surface area (Å²) in [5.74, 6) is 0. The second-order valence-electron chi connectivity index (χ2n) is 4.52. The second kappa shape index (κ2) is 4.40. The molecular weight excluding hydrogens is 262 g/mol. The van der Waals surface area contributed by atoms with Crippen LogP contribution in [-0.2, 0) is 20.0 Å².